The Hall–Kier alpha value is -2.43. The van der Waals surface area contributed by atoms with Crippen molar-refractivity contribution in [3.8, 4) is 0 Å². The predicted molar refractivity (Wildman–Crippen MR) is 142 cm³/mol. The van der Waals surface area contributed by atoms with Crippen molar-refractivity contribution in [2.45, 2.75) is 47.1 Å². The summed E-state index contributed by atoms with van der Waals surface area (Å²) in [6, 6.07) is 11.5. The summed E-state index contributed by atoms with van der Waals surface area (Å²) in [5, 5.41) is 22.5. The molecule has 0 aliphatic rings. The fourth-order valence-electron chi connectivity index (χ4n) is 4.02. The van der Waals surface area contributed by atoms with E-state index in [4.69, 9.17) is 11.6 Å². The number of hydrogen-bond donors (Lipinski definition) is 3. The van der Waals surface area contributed by atoms with Crippen molar-refractivity contribution < 1.29 is 10.3 Å². The second-order valence-corrected chi connectivity index (χ2v) is 9.28. The summed E-state index contributed by atoms with van der Waals surface area (Å²) >= 11 is 6.41. The number of nitrogens with one attached hydrogen (secondary N) is 1. The fraction of sp³-hybridized carbons (Fsp3) is 0.269. The molecule has 0 radical (unpaired) electrons. The first-order valence-corrected chi connectivity index (χ1v) is 11.8. The van der Waals surface area contributed by atoms with Gasteiger partial charge in [-0.2, -0.15) is 5.17 Å². The molecule has 0 spiro atoms. The van der Waals surface area contributed by atoms with Crippen molar-refractivity contribution >= 4 is 43.1 Å². The highest BCUT2D eigenvalue weighted by atomic mass is 35.5. The minimum atomic E-state index is -0.209. The van der Waals surface area contributed by atoms with Crippen LogP contribution in [0.4, 0.5) is 11.4 Å². The Morgan fingerprint density at radius 3 is 2.61 bits per heavy atom. The van der Waals surface area contributed by atoms with E-state index >= 15 is 0 Å². The Balaban J connectivity index is 2.04. The number of pyridine rings is 1. The SMILES string of the molecule is C/C=C(/c1cccc(NN(O)c2cc(C)cc(CO)c2Cl)c1P)c1c(C(C)C)ccnc1C. The van der Waals surface area contributed by atoms with Gasteiger partial charge >= 0.3 is 0 Å². The largest absolute Gasteiger partial charge is 0.392 e. The zero-order chi connectivity index (χ0) is 24.3. The molecule has 3 aromatic rings. The summed E-state index contributed by atoms with van der Waals surface area (Å²) in [4.78, 5) is 4.54. The number of halogens is 1. The van der Waals surface area contributed by atoms with Crippen LogP contribution in [0.3, 0.4) is 0 Å². The number of hydrazine groups is 1. The maximum absolute atomic E-state index is 10.8. The quantitative estimate of drug-likeness (QED) is 0.278. The third kappa shape index (κ3) is 5.23. The zero-order valence-corrected chi connectivity index (χ0v) is 21.6. The molecule has 1 aromatic heterocycles. The van der Waals surface area contributed by atoms with Gasteiger partial charge in [-0.15, -0.1) is 9.24 Å². The second-order valence-electron chi connectivity index (χ2n) is 8.32. The number of nitrogens with zero attached hydrogens (tertiary/aromatic N) is 2. The lowest BCUT2D eigenvalue weighted by atomic mass is 9.88. The maximum atomic E-state index is 10.8. The van der Waals surface area contributed by atoms with E-state index in [2.05, 4.69) is 51.7 Å². The standard InChI is InChI=1S/C26H31ClN3O2P/c1-6-19(24-17(5)28-11-10-20(24)15(2)3)21-8-7-9-22(26(21)33)29-30(32)23-13-16(4)12-18(14-31)25(23)27/h6-13,15,29,31-32H,14,33H2,1-5H3/b19-6-. The van der Waals surface area contributed by atoms with E-state index in [0.29, 0.717) is 27.9 Å². The summed E-state index contributed by atoms with van der Waals surface area (Å²) in [5.74, 6) is 0.350. The molecule has 2 aromatic carbocycles. The molecule has 0 fully saturated rings. The number of rotatable bonds is 7. The zero-order valence-electron chi connectivity index (χ0n) is 19.6. The van der Waals surface area contributed by atoms with E-state index in [1.807, 2.05) is 39.1 Å². The van der Waals surface area contributed by atoms with Gasteiger partial charge in [-0.25, -0.2) is 0 Å². The maximum Gasteiger partial charge on any atom is 0.107 e. The summed E-state index contributed by atoms with van der Waals surface area (Å²) in [5.41, 5.74) is 11.0. The summed E-state index contributed by atoms with van der Waals surface area (Å²) in [7, 11) is 2.78. The number of aliphatic hydroxyl groups is 1. The van der Waals surface area contributed by atoms with Crippen LogP contribution in [0.1, 0.15) is 60.2 Å². The highest BCUT2D eigenvalue weighted by molar-refractivity contribution is 7.28. The van der Waals surface area contributed by atoms with Crippen LogP contribution in [0.2, 0.25) is 5.02 Å². The highest BCUT2D eigenvalue weighted by Gasteiger charge is 2.19. The number of aryl methyl sites for hydroxylation is 2. The van der Waals surface area contributed by atoms with Crippen LogP contribution in [-0.2, 0) is 6.61 Å². The predicted octanol–water partition coefficient (Wildman–Crippen LogP) is 6.14. The minimum Gasteiger partial charge on any atom is -0.392 e. The van der Waals surface area contributed by atoms with Gasteiger partial charge in [0.25, 0.3) is 0 Å². The molecule has 1 heterocycles. The molecule has 0 aliphatic heterocycles. The van der Waals surface area contributed by atoms with Crippen molar-refractivity contribution in [3.05, 3.63) is 87.2 Å². The van der Waals surface area contributed by atoms with Gasteiger partial charge < -0.3 is 5.11 Å². The normalized spacial score (nSPS) is 11.8. The van der Waals surface area contributed by atoms with Crippen LogP contribution in [0, 0.1) is 13.8 Å². The molecule has 3 N–H and O–H groups in total. The molecule has 0 amide bonds. The van der Waals surface area contributed by atoms with E-state index < -0.39 is 0 Å². The number of benzene rings is 2. The second kappa shape index (κ2) is 10.7. The molecule has 3 rings (SSSR count). The third-order valence-corrected chi connectivity index (χ3v) is 6.71. The first-order chi connectivity index (χ1) is 15.7. The van der Waals surface area contributed by atoms with Crippen LogP contribution in [0.25, 0.3) is 5.57 Å². The summed E-state index contributed by atoms with van der Waals surface area (Å²) in [6.45, 7) is 10.1. The van der Waals surface area contributed by atoms with Crippen LogP contribution < -0.4 is 15.9 Å². The lowest BCUT2D eigenvalue weighted by Crippen LogP contribution is -2.28. The average Bonchev–Trinajstić information content (AvgIpc) is 2.78. The Bertz CT molecular complexity index is 1190. The van der Waals surface area contributed by atoms with E-state index in [-0.39, 0.29) is 6.61 Å². The number of hydrogen-bond acceptors (Lipinski definition) is 5. The Morgan fingerprint density at radius 2 is 1.97 bits per heavy atom. The van der Waals surface area contributed by atoms with Crippen molar-refractivity contribution in [1.82, 2.24) is 4.98 Å². The molecule has 33 heavy (non-hydrogen) atoms. The molecule has 0 saturated heterocycles. The van der Waals surface area contributed by atoms with Crippen LogP contribution >= 0.6 is 20.8 Å². The lowest BCUT2D eigenvalue weighted by Gasteiger charge is -2.24. The van der Waals surface area contributed by atoms with E-state index in [1.165, 1.54) is 5.56 Å². The molecular formula is C26H31ClN3O2P. The van der Waals surface area contributed by atoms with Gasteiger partial charge in [0.1, 0.15) is 5.69 Å². The van der Waals surface area contributed by atoms with Crippen molar-refractivity contribution in [3.63, 3.8) is 0 Å². The van der Waals surface area contributed by atoms with Gasteiger partial charge in [0.15, 0.2) is 0 Å². The van der Waals surface area contributed by atoms with Crippen molar-refractivity contribution in [2.24, 2.45) is 0 Å². The van der Waals surface area contributed by atoms with Gasteiger partial charge in [0, 0.05) is 22.8 Å². The Kier molecular flexibility index (Phi) is 8.14. The summed E-state index contributed by atoms with van der Waals surface area (Å²) in [6.07, 6.45) is 3.96. The Labute approximate surface area is 203 Å². The molecule has 7 heteroatoms. The van der Waals surface area contributed by atoms with Gasteiger partial charge in [-0.1, -0.05) is 49.7 Å². The number of allylic oxidation sites excluding steroid dienone is 1. The average molecular weight is 484 g/mol. The monoisotopic (exact) mass is 483 g/mol. The van der Waals surface area contributed by atoms with Gasteiger partial charge in [-0.05, 0) is 72.7 Å². The van der Waals surface area contributed by atoms with Gasteiger partial charge in [-0.3, -0.25) is 15.6 Å². The number of aromatic nitrogens is 1. The first kappa shape index (κ1) is 25.2. The smallest absolute Gasteiger partial charge is 0.107 e. The molecule has 0 bridgehead atoms. The third-order valence-electron chi connectivity index (χ3n) is 5.65. The molecule has 174 valence electrons. The van der Waals surface area contributed by atoms with E-state index in [0.717, 1.165) is 38.4 Å². The molecule has 0 aliphatic carbocycles. The molecule has 1 unspecified atom stereocenters. The van der Waals surface area contributed by atoms with Gasteiger partial charge in [0.05, 0.1) is 17.3 Å². The van der Waals surface area contributed by atoms with E-state index in [9.17, 15) is 10.3 Å². The van der Waals surface area contributed by atoms with Crippen LogP contribution in [0.5, 0.6) is 0 Å². The fourth-order valence-corrected chi connectivity index (χ4v) is 4.68. The molecular weight excluding hydrogens is 453 g/mol. The first-order valence-electron chi connectivity index (χ1n) is 10.9. The Morgan fingerprint density at radius 1 is 1.24 bits per heavy atom. The highest BCUT2D eigenvalue weighted by Crippen LogP contribution is 2.34. The minimum absolute atomic E-state index is 0.209. The van der Waals surface area contributed by atoms with Crippen molar-refractivity contribution in [1.29, 1.82) is 0 Å². The molecule has 5 nitrogen and oxygen atoms in total. The number of anilines is 2. The molecule has 0 saturated carbocycles. The topological polar surface area (TPSA) is 68.6 Å². The van der Waals surface area contributed by atoms with E-state index in [1.54, 1.807) is 12.1 Å². The summed E-state index contributed by atoms with van der Waals surface area (Å²) < 4.78 is 0. The van der Waals surface area contributed by atoms with Crippen molar-refractivity contribution in [2.75, 3.05) is 10.6 Å². The van der Waals surface area contributed by atoms with Crippen LogP contribution in [-0.4, -0.2) is 15.3 Å². The molecule has 1 atom stereocenters. The van der Waals surface area contributed by atoms with Crippen LogP contribution in [0.15, 0.2) is 48.7 Å². The van der Waals surface area contributed by atoms with Gasteiger partial charge in [0.2, 0.25) is 0 Å². The number of aliphatic hydroxyl groups excluding tert-OH is 1. The lowest BCUT2D eigenvalue weighted by molar-refractivity contribution is 0.274.